The van der Waals surface area contributed by atoms with Crippen LogP contribution in [0.1, 0.15) is 20.9 Å². The zero-order valence-electron chi connectivity index (χ0n) is 9.91. The SMILES string of the molecule is COc1cc(C)ccc1Cc1ccc(C)s1. The lowest BCUT2D eigenvalue weighted by Crippen LogP contribution is -1.92. The number of aryl methyl sites for hydroxylation is 2. The van der Waals surface area contributed by atoms with Gasteiger partial charge in [0.2, 0.25) is 0 Å². The van der Waals surface area contributed by atoms with Crippen LogP contribution < -0.4 is 4.74 Å². The predicted molar refractivity (Wildman–Crippen MR) is 69.6 cm³/mol. The van der Waals surface area contributed by atoms with Gasteiger partial charge < -0.3 is 4.74 Å². The van der Waals surface area contributed by atoms with E-state index in [2.05, 4.69) is 44.2 Å². The number of ether oxygens (including phenoxy) is 1. The lowest BCUT2D eigenvalue weighted by Gasteiger charge is -2.08. The molecule has 0 N–H and O–H groups in total. The van der Waals surface area contributed by atoms with Gasteiger partial charge in [-0.3, -0.25) is 0 Å². The highest BCUT2D eigenvalue weighted by Crippen LogP contribution is 2.25. The Bertz CT molecular complexity index is 485. The van der Waals surface area contributed by atoms with E-state index in [1.165, 1.54) is 20.9 Å². The summed E-state index contributed by atoms with van der Waals surface area (Å²) >= 11 is 1.85. The Morgan fingerprint density at radius 1 is 1.12 bits per heavy atom. The van der Waals surface area contributed by atoms with Crippen molar-refractivity contribution in [2.24, 2.45) is 0 Å². The van der Waals surface area contributed by atoms with E-state index >= 15 is 0 Å². The van der Waals surface area contributed by atoms with Crippen molar-refractivity contribution >= 4 is 11.3 Å². The summed E-state index contributed by atoms with van der Waals surface area (Å²) in [6.45, 7) is 4.22. The minimum absolute atomic E-state index is 0.960. The summed E-state index contributed by atoms with van der Waals surface area (Å²) < 4.78 is 5.41. The van der Waals surface area contributed by atoms with Crippen LogP contribution in [0.25, 0.3) is 0 Å². The fourth-order valence-corrected chi connectivity index (χ4v) is 2.68. The Morgan fingerprint density at radius 3 is 2.56 bits per heavy atom. The van der Waals surface area contributed by atoms with Crippen LogP contribution in [0, 0.1) is 13.8 Å². The summed E-state index contributed by atoms with van der Waals surface area (Å²) in [6, 6.07) is 10.7. The molecule has 84 valence electrons. The lowest BCUT2D eigenvalue weighted by molar-refractivity contribution is 0.410. The maximum Gasteiger partial charge on any atom is 0.122 e. The molecule has 2 heteroatoms. The Morgan fingerprint density at radius 2 is 1.94 bits per heavy atom. The zero-order valence-corrected chi connectivity index (χ0v) is 10.7. The summed E-state index contributed by atoms with van der Waals surface area (Å²) in [5.41, 5.74) is 2.50. The summed E-state index contributed by atoms with van der Waals surface area (Å²) in [6.07, 6.45) is 0.960. The molecule has 2 aromatic rings. The molecule has 1 aromatic heterocycles. The molecule has 0 aliphatic carbocycles. The maximum absolute atomic E-state index is 5.41. The molecule has 0 amide bonds. The van der Waals surface area contributed by atoms with E-state index < -0.39 is 0 Å². The van der Waals surface area contributed by atoms with E-state index in [0.717, 1.165) is 12.2 Å². The fraction of sp³-hybridized carbons (Fsp3) is 0.286. The molecule has 0 fully saturated rings. The van der Waals surface area contributed by atoms with Crippen molar-refractivity contribution in [1.29, 1.82) is 0 Å². The fourth-order valence-electron chi connectivity index (χ4n) is 1.77. The molecule has 0 unspecified atom stereocenters. The number of rotatable bonds is 3. The van der Waals surface area contributed by atoms with Crippen molar-refractivity contribution < 1.29 is 4.74 Å². The molecule has 0 aliphatic heterocycles. The normalized spacial score (nSPS) is 10.4. The van der Waals surface area contributed by atoms with Crippen LogP contribution in [0.2, 0.25) is 0 Å². The molecule has 1 aromatic carbocycles. The molecular weight excluding hydrogens is 216 g/mol. The summed E-state index contributed by atoms with van der Waals surface area (Å²) in [5, 5.41) is 0. The Labute approximate surface area is 101 Å². The summed E-state index contributed by atoms with van der Waals surface area (Å²) in [4.78, 5) is 2.75. The van der Waals surface area contributed by atoms with E-state index in [0.29, 0.717) is 0 Å². The van der Waals surface area contributed by atoms with Gasteiger partial charge in [-0.15, -0.1) is 11.3 Å². The third kappa shape index (κ3) is 2.45. The minimum atomic E-state index is 0.960. The standard InChI is InChI=1S/C14H16OS/c1-10-4-6-12(14(8-10)15-3)9-13-7-5-11(2)16-13/h4-8H,9H2,1-3H3. The average molecular weight is 232 g/mol. The molecule has 0 aliphatic rings. The van der Waals surface area contributed by atoms with Gasteiger partial charge in [-0.05, 0) is 43.2 Å². The van der Waals surface area contributed by atoms with Crippen LogP contribution >= 0.6 is 11.3 Å². The molecule has 0 saturated heterocycles. The third-order valence-corrected chi connectivity index (χ3v) is 3.60. The van der Waals surface area contributed by atoms with E-state index in [1.807, 2.05) is 11.3 Å². The zero-order chi connectivity index (χ0) is 11.5. The van der Waals surface area contributed by atoms with Gasteiger partial charge in [-0.1, -0.05) is 12.1 Å². The van der Waals surface area contributed by atoms with Crippen LogP contribution in [0.15, 0.2) is 30.3 Å². The second kappa shape index (κ2) is 4.71. The highest BCUT2D eigenvalue weighted by Gasteiger charge is 2.05. The number of methoxy groups -OCH3 is 1. The Balaban J connectivity index is 2.27. The van der Waals surface area contributed by atoms with Crippen LogP contribution in [0.4, 0.5) is 0 Å². The maximum atomic E-state index is 5.41. The van der Waals surface area contributed by atoms with Gasteiger partial charge >= 0.3 is 0 Å². The second-order valence-electron chi connectivity index (χ2n) is 4.00. The summed E-state index contributed by atoms with van der Waals surface area (Å²) in [5.74, 6) is 0.992. The van der Waals surface area contributed by atoms with Crippen LogP contribution in [-0.2, 0) is 6.42 Å². The van der Waals surface area contributed by atoms with Crippen molar-refractivity contribution in [3.63, 3.8) is 0 Å². The van der Waals surface area contributed by atoms with Gasteiger partial charge in [-0.25, -0.2) is 0 Å². The number of thiophene rings is 1. The Kier molecular flexibility index (Phi) is 3.30. The first-order valence-corrected chi connectivity index (χ1v) is 6.19. The molecule has 0 radical (unpaired) electrons. The minimum Gasteiger partial charge on any atom is -0.496 e. The summed E-state index contributed by atoms with van der Waals surface area (Å²) in [7, 11) is 1.73. The predicted octanol–water partition coefficient (Wildman–Crippen LogP) is 3.96. The molecule has 1 nitrogen and oxygen atoms in total. The van der Waals surface area contributed by atoms with Gasteiger partial charge in [0.1, 0.15) is 5.75 Å². The second-order valence-corrected chi connectivity index (χ2v) is 5.38. The van der Waals surface area contributed by atoms with Gasteiger partial charge in [0, 0.05) is 16.2 Å². The van der Waals surface area contributed by atoms with Gasteiger partial charge in [0.05, 0.1) is 7.11 Å². The molecule has 0 bridgehead atoms. The van der Waals surface area contributed by atoms with Crippen molar-refractivity contribution in [2.75, 3.05) is 7.11 Å². The molecule has 0 atom stereocenters. The molecule has 2 rings (SSSR count). The van der Waals surface area contributed by atoms with E-state index in [1.54, 1.807) is 7.11 Å². The van der Waals surface area contributed by atoms with Gasteiger partial charge in [0.15, 0.2) is 0 Å². The van der Waals surface area contributed by atoms with E-state index in [4.69, 9.17) is 4.74 Å². The average Bonchev–Trinajstić information content (AvgIpc) is 2.67. The molecule has 1 heterocycles. The van der Waals surface area contributed by atoms with Crippen molar-refractivity contribution in [3.8, 4) is 5.75 Å². The molecule has 0 saturated carbocycles. The first kappa shape index (κ1) is 11.2. The van der Waals surface area contributed by atoms with Crippen molar-refractivity contribution in [3.05, 3.63) is 51.2 Å². The van der Waals surface area contributed by atoms with Crippen LogP contribution in [0.3, 0.4) is 0 Å². The quantitative estimate of drug-likeness (QED) is 0.778. The van der Waals surface area contributed by atoms with Crippen molar-refractivity contribution in [1.82, 2.24) is 0 Å². The van der Waals surface area contributed by atoms with E-state index in [9.17, 15) is 0 Å². The van der Waals surface area contributed by atoms with Gasteiger partial charge in [0.25, 0.3) is 0 Å². The molecule has 0 spiro atoms. The lowest BCUT2D eigenvalue weighted by atomic mass is 10.1. The Hall–Kier alpha value is -1.28. The monoisotopic (exact) mass is 232 g/mol. The highest BCUT2D eigenvalue weighted by atomic mass is 32.1. The molecular formula is C14H16OS. The highest BCUT2D eigenvalue weighted by molar-refractivity contribution is 7.11. The number of hydrogen-bond donors (Lipinski definition) is 0. The first-order valence-electron chi connectivity index (χ1n) is 5.38. The molecule has 16 heavy (non-hydrogen) atoms. The van der Waals surface area contributed by atoms with Crippen LogP contribution in [-0.4, -0.2) is 7.11 Å². The smallest absolute Gasteiger partial charge is 0.122 e. The van der Waals surface area contributed by atoms with Gasteiger partial charge in [-0.2, -0.15) is 0 Å². The topological polar surface area (TPSA) is 9.23 Å². The number of hydrogen-bond acceptors (Lipinski definition) is 2. The van der Waals surface area contributed by atoms with Crippen molar-refractivity contribution in [2.45, 2.75) is 20.3 Å². The first-order chi connectivity index (χ1) is 7.69. The van der Waals surface area contributed by atoms with E-state index in [-0.39, 0.29) is 0 Å². The number of benzene rings is 1. The third-order valence-electron chi connectivity index (χ3n) is 2.60. The largest absolute Gasteiger partial charge is 0.496 e. The van der Waals surface area contributed by atoms with Crippen LogP contribution in [0.5, 0.6) is 5.75 Å².